The second-order valence-electron chi connectivity index (χ2n) is 7.56. The molecule has 9 nitrogen and oxygen atoms in total. The molecule has 0 aliphatic rings. The quantitative estimate of drug-likeness (QED) is 0.225. The largest absolute Gasteiger partial charge is 0.492 e. The number of carbonyl (C=O) groups excluding carboxylic acids is 1. The van der Waals surface area contributed by atoms with Gasteiger partial charge in [-0.2, -0.15) is 0 Å². The average Bonchev–Trinajstić information content (AvgIpc) is 2.83. The summed E-state index contributed by atoms with van der Waals surface area (Å²) in [5, 5.41) is 17.1. The van der Waals surface area contributed by atoms with Gasteiger partial charge in [-0.25, -0.2) is 13.1 Å². The number of anilines is 1. The Balaban J connectivity index is 1.87. The zero-order valence-electron chi connectivity index (χ0n) is 18.9. The smallest absolute Gasteiger partial charge is 0.305 e. The number of carbonyl (C=O) groups is 2. The molecule has 0 spiro atoms. The molecule has 1 atom stereocenters. The minimum atomic E-state index is -4.27. The van der Waals surface area contributed by atoms with E-state index in [0.29, 0.717) is 17.2 Å². The highest BCUT2D eigenvalue weighted by Gasteiger charge is 2.25. The average molecular weight is 516 g/mol. The zero-order valence-corrected chi connectivity index (χ0v) is 20.5. The van der Waals surface area contributed by atoms with E-state index in [1.54, 1.807) is 7.05 Å². The lowest BCUT2D eigenvalue weighted by Crippen LogP contribution is -2.37. The van der Waals surface area contributed by atoms with Gasteiger partial charge in [0.05, 0.1) is 19.1 Å². The Morgan fingerprint density at radius 2 is 1.89 bits per heavy atom. The van der Waals surface area contributed by atoms with E-state index in [1.807, 2.05) is 42.5 Å². The summed E-state index contributed by atoms with van der Waals surface area (Å²) in [4.78, 5) is 22.0. The monoisotopic (exact) mass is 515 g/mol. The van der Waals surface area contributed by atoms with Gasteiger partial charge < -0.3 is 25.3 Å². The van der Waals surface area contributed by atoms with E-state index in [0.717, 1.165) is 16.3 Å². The van der Waals surface area contributed by atoms with Crippen molar-refractivity contribution in [2.24, 2.45) is 0 Å². The molecule has 0 fully saturated rings. The van der Waals surface area contributed by atoms with Crippen molar-refractivity contribution in [2.75, 3.05) is 19.0 Å². The van der Waals surface area contributed by atoms with Crippen molar-refractivity contribution >= 4 is 56.1 Å². The van der Waals surface area contributed by atoms with Crippen LogP contribution < -0.4 is 20.1 Å². The van der Waals surface area contributed by atoms with E-state index in [4.69, 9.17) is 22.1 Å². The number of fused-ring (bicyclic) bond motifs is 1. The molecule has 1 unspecified atom stereocenters. The van der Waals surface area contributed by atoms with E-state index in [9.17, 15) is 18.0 Å². The van der Waals surface area contributed by atoms with Crippen LogP contribution in [0, 0.1) is 0 Å². The maximum absolute atomic E-state index is 13.0. The minimum Gasteiger partial charge on any atom is -0.492 e. The molecular formula is C24H25N3O6S2. The number of rotatable bonds is 11. The molecule has 0 heterocycles. The van der Waals surface area contributed by atoms with Crippen molar-refractivity contribution in [2.45, 2.75) is 23.8 Å². The molecule has 0 aliphatic carbocycles. The van der Waals surface area contributed by atoms with Crippen molar-refractivity contribution in [3.63, 3.8) is 0 Å². The zero-order chi connectivity index (χ0) is 25.4. The molecule has 35 heavy (non-hydrogen) atoms. The van der Waals surface area contributed by atoms with Gasteiger partial charge in [0, 0.05) is 25.2 Å². The number of sulfonamides is 1. The standard InChI is InChI=1S/C24H25N3O6S2/c1-25-24(34)26-18-9-10-22(35(31,32)27-19(15-28)14-23(29)30)21(13-18)33-12-11-17-7-4-6-16-5-2-3-8-20(16)17/h2-10,13,15,19,27H,11-12,14H2,1H3,(H,29,30)(H2,25,26,34). The first kappa shape index (κ1) is 26.1. The molecule has 11 heteroatoms. The molecule has 0 amide bonds. The third-order valence-corrected chi connectivity index (χ3v) is 6.93. The number of benzene rings is 3. The Labute approximate surface area is 208 Å². The normalized spacial score (nSPS) is 12.0. The van der Waals surface area contributed by atoms with Crippen LogP contribution in [0.25, 0.3) is 10.8 Å². The van der Waals surface area contributed by atoms with Gasteiger partial charge in [0.15, 0.2) is 5.11 Å². The summed E-state index contributed by atoms with van der Waals surface area (Å²) in [6, 6.07) is 16.7. The van der Waals surface area contributed by atoms with Gasteiger partial charge in [0.1, 0.15) is 16.9 Å². The van der Waals surface area contributed by atoms with E-state index in [-0.39, 0.29) is 23.5 Å². The lowest BCUT2D eigenvalue weighted by molar-refractivity contribution is -0.138. The van der Waals surface area contributed by atoms with Crippen LogP contribution in [0.2, 0.25) is 0 Å². The van der Waals surface area contributed by atoms with Gasteiger partial charge in [0.25, 0.3) is 0 Å². The summed E-state index contributed by atoms with van der Waals surface area (Å²) in [5.74, 6) is -1.28. The van der Waals surface area contributed by atoms with Crippen LogP contribution in [-0.2, 0) is 26.0 Å². The molecular weight excluding hydrogens is 490 g/mol. The molecule has 184 valence electrons. The Bertz CT molecular complexity index is 1340. The summed E-state index contributed by atoms with van der Waals surface area (Å²) >= 11 is 5.11. The van der Waals surface area contributed by atoms with Crippen molar-refractivity contribution in [1.29, 1.82) is 0 Å². The first-order valence-corrected chi connectivity index (χ1v) is 12.5. The molecule has 0 aliphatic heterocycles. The molecule has 3 aromatic carbocycles. The van der Waals surface area contributed by atoms with Gasteiger partial charge in [-0.1, -0.05) is 42.5 Å². The third-order valence-electron chi connectivity index (χ3n) is 5.09. The lowest BCUT2D eigenvalue weighted by atomic mass is 10.0. The van der Waals surface area contributed by atoms with Crippen molar-refractivity contribution in [1.82, 2.24) is 10.0 Å². The third kappa shape index (κ3) is 6.98. The fourth-order valence-corrected chi connectivity index (χ4v) is 4.88. The predicted octanol–water partition coefficient (Wildman–Crippen LogP) is 2.70. The maximum Gasteiger partial charge on any atom is 0.305 e. The maximum atomic E-state index is 13.0. The number of carboxylic acid groups (broad SMARTS) is 1. The molecule has 0 saturated carbocycles. The number of ether oxygens (including phenoxy) is 1. The molecule has 0 radical (unpaired) electrons. The van der Waals surface area contributed by atoms with E-state index < -0.39 is 28.5 Å². The summed E-state index contributed by atoms with van der Waals surface area (Å²) in [6.45, 7) is 0.169. The molecule has 0 bridgehead atoms. The van der Waals surface area contributed by atoms with Gasteiger partial charge in [-0.05, 0) is 40.7 Å². The van der Waals surface area contributed by atoms with Crippen LogP contribution in [0.4, 0.5) is 5.69 Å². The first-order chi connectivity index (χ1) is 16.7. The van der Waals surface area contributed by atoms with Gasteiger partial charge in [-0.3, -0.25) is 4.79 Å². The van der Waals surface area contributed by atoms with Crippen molar-refractivity contribution in [3.8, 4) is 5.75 Å². The SMILES string of the molecule is CNC(=S)Nc1ccc(S(=O)(=O)NC(C=O)CC(=O)O)c(OCCc2cccc3ccccc23)c1. The number of aldehydes is 1. The number of carboxylic acids is 1. The Morgan fingerprint density at radius 1 is 1.14 bits per heavy atom. The van der Waals surface area contributed by atoms with E-state index in [2.05, 4.69) is 15.4 Å². The number of thiocarbonyl (C=S) groups is 1. The van der Waals surface area contributed by atoms with Crippen LogP contribution in [0.15, 0.2) is 65.6 Å². The summed E-state index contributed by atoms with van der Waals surface area (Å²) in [5.41, 5.74) is 1.53. The van der Waals surface area contributed by atoms with Crippen LogP contribution in [0.5, 0.6) is 5.75 Å². The van der Waals surface area contributed by atoms with Crippen molar-refractivity contribution < 1.29 is 27.9 Å². The van der Waals surface area contributed by atoms with Crippen molar-refractivity contribution in [3.05, 3.63) is 66.2 Å². The Morgan fingerprint density at radius 3 is 2.60 bits per heavy atom. The fourth-order valence-electron chi connectivity index (χ4n) is 3.46. The fraction of sp³-hybridized carbons (Fsp3) is 0.208. The van der Waals surface area contributed by atoms with Crippen LogP contribution in [-0.4, -0.2) is 50.6 Å². The summed E-state index contributed by atoms with van der Waals surface area (Å²) in [6.07, 6.45) is 0.0703. The van der Waals surface area contributed by atoms with Crippen LogP contribution in [0.1, 0.15) is 12.0 Å². The molecule has 3 aromatic rings. The number of hydrogen-bond donors (Lipinski definition) is 4. The van der Waals surface area contributed by atoms with Gasteiger partial charge in [0.2, 0.25) is 10.0 Å². The van der Waals surface area contributed by atoms with Gasteiger partial charge >= 0.3 is 5.97 Å². The van der Waals surface area contributed by atoms with E-state index >= 15 is 0 Å². The first-order valence-electron chi connectivity index (χ1n) is 10.6. The lowest BCUT2D eigenvalue weighted by Gasteiger charge is -2.17. The number of aliphatic carboxylic acids is 1. The summed E-state index contributed by atoms with van der Waals surface area (Å²) in [7, 11) is -2.63. The van der Waals surface area contributed by atoms with Crippen LogP contribution >= 0.6 is 12.2 Å². The number of hydrogen-bond acceptors (Lipinski definition) is 6. The summed E-state index contributed by atoms with van der Waals surface area (Å²) < 4.78 is 34.0. The highest BCUT2D eigenvalue weighted by Crippen LogP contribution is 2.28. The highest BCUT2D eigenvalue weighted by atomic mass is 32.2. The minimum absolute atomic E-state index is 0.0293. The Hall–Kier alpha value is -3.54. The predicted molar refractivity (Wildman–Crippen MR) is 137 cm³/mol. The Kier molecular flexibility index (Phi) is 8.74. The van der Waals surface area contributed by atoms with Gasteiger partial charge in [-0.15, -0.1) is 0 Å². The second-order valence-corrected chi connectivity index (χ2v) is 9.65. The molecule has 0 saturated heterocycles. The van der Waals surface area contributed by atoms with E-state index in [1.165, 1.54) is 18.2 Å². The highest BCUT2D eigenvalue weighted by molar-refractivity contribution is 7.89. The molecule has 3 rings (SSSR count). The number of nitrogens with one attached hydrogen (secondary N) is 3. The molecule has 0 aromatic heterocycles. The van der Waals surface area contributed by atoms with Crippen LogP contribution in [0.3, 0.4) is 0 Å². The molecule has 4 N–H and O–H groups in total. The topological polar surface area (TPSA) is 134 Å². The second kappa shape index (κ2) is 11.7.